The Morgan fingerprint density at radius 2 is 1.56 bits per heavy atom. The molecule has 0 saturated heterocycles. The summed E-state index contributed by atoms with van der Waals surface area (Å²) in [6, 6.07) is 22.3. The molecule has 0 fully saturated rings. The van der Waals surface area contributed by atoms with Gasteiger partial charge in [0, 0.05) is 20.0 Å². The van der Waals surface area contributed by atoms with Gasteiger partial charge >= 0.3 is 0 Å². The number of nitrogens with one attached hydrogen (secondary N) is 1. The Kier molecular flexibility index (Phi) is 8.79. The Morgan fingerprint density at radius 3 is 2.15 bits per heavy atom. The van der Waals surface area contributed by atoms with Gasteiger partial charge in [-0.3, -0.25) is 9.59 Å². The van der Waals surface area contributed by atoms with Crippen molar-refractivity contribution < 1.29 is 18.7 Å². The van der Waals surface area contributed by atoms with Gasteiger partial charge in [0.1, 0.15) is 17.6 Å². The van der Waals surface area contributed by atoms with Gasteiger partial charge in [-0.2, -0.15) is 0 Å². The third-order valence-electron chi connectivity index (χ3n) is 5.69. The number of benzene rings is 3. The standard InChI is InChI=1S/C28H31FN2O3/c1-20(2)23-11-15-25(16-12-23)34-19-27(32)31(18-22-9-13-24(29)14-10-22)26(28(33)30-3)17-21-7-5-4-6-8-21/h4-16,20,26H,17-19H2,1-3H3,(H,30,33)/t26-/m0/s1. The third-order valence-corrected chi connectivity index (χ3v) is 5.69. The Morgan fingerprint density at radius 1 is 0.912 bits per heavy atom. The van der Waals surface area contributed by atoms with Crippen molar-refractivity contribution in [3.8, 4) is 5.75 Å². The quantitative estimate of drug-likeness (QED) is 0.475. The second-order valence-corrected chi connectivity index (χ2v) is 8.48. The Hall–Kier alpha value is -3.67. The van der Waals surface area contributed by atoms with Gasteiger partial charge in [0.2, 0.25) is 5.91 Å². The van der Waals surface area contributed by atoms with Crippen LogP contribution in [0.25, 0.3) is 0 Å². The minimum absolute atomic E-state index is 0.152. The largest absolute Gasteiger partial charge is 0.484 e. The zero-order valence-electron chi connectivity index (χ0n) is 19.8. The number of ether oxygens (including phenoxy) is 1. The van der Waals surface area contributed by atoms with E-state index in [9.17, 15) is 14.0 Å². The van der Waals surface area contributed by atoms with Gasteiger partial charge in [0.15, 0.2) is 6.61 Å². The van der Waals surface area contributed by atoms with Crippen LogP contribution in [0.2, 0.25) is 0 Å². The van der Waals surface area contributed by atoms with Gasteiger partial charge in [-0.15, -0.1) is 0 Å². The topological polar surface area (TPSA) is 58.6 Å². The predicted molar refractivity (Wildman–Crippen MR) is 131 cm³/mol. The van der Waals surface area contributed by atoms with E-state index in [-0.39, 0.29) is 30.8 Å². The van der Waals surface area contributed by atoms with Gasteiger partial charge < -0.3 is 15.0 Å². The van der Waals surface area contributed by atoms with Gasteiger partial charge in [0.25, 0.3) is 5.91 Å². The Bertz CT molecular complexity index is 1070. The third kappa shape index (κ3) is 6.91. The van der Waals surface area contributed by atoms with Crippen molar-refractivity contribution in [3.05, 3.63) is 101 Å². The van der Waals surface area contributed by atoms with Crippen molar-refractivity contribution in [2.24, 2.45) is 0 Å². The lowest BCUT2D eigenvalue weighted by Crippen LogP contribution is -2.51. The average Bonchev–Trinajstić information content (AvgIpc) is 2.86. The number of likely N-dealkylation sites (N-methyl/N-ethyl adjacent to an activating group) is 1. The maximum absolute atomic E-state index is 13.4. The van der Waals surface area contributed by atoms with E-state index in [1.54, 1.807) is 19.2 Å². The number of amides is 2. The number of carbonyl (C=O) groups excluding carboxylic acids is 2. The van der Waals surface area contributed by atoms with Crippen molar-refractivity contribution in [3.63, 3.8) is 0 Å². The van der Waals surface area contributed by atoms with Gasteiger partial charge in [-0.25, -0.2) is 4.39 Å². The summed E-state index contributed by atoms with van der Waals surface area (Å²) in [4.78, 5) is 27.7. The lowest BCUT2D eigenvalue weighted by atomic mass is 10.0. The van der Waals surface area contributed by atoms with E-state index >= 15 is 0 Å². The predicted octanol–water partition coefficient (Wildman–Crippen LogP) is 4.71. The van der Waals surface area contributed by atoms with Crippen LogP contribution in [0.4, 0.5) is 4.39 Å². The highest BCUT2D eigenvalue weighted by Gasteiger charge is 2.30. The molecule has 0 heterocycles. The summed E-state index contributed by atoms with van der Waals surface area (Å²) >= 11 is 0. The number of rotatable bonds is 10. The normalized spacial score (nSPS) is 11.7. The van der Waals surface area contributed by atoms with Crippen molar-refractivity contribution in [1.82, 2.24) is 10.2 Å². The second-order valence-electron chi connectivity index (χ2n) is 8.48. The minimum Gasteiger partial charge on any atom is -0.484 e. The molecule has 0 saturated carbocycles. The fourth-order valence-corrected chi connectivity index (χ4v) is 3.68. The van der Waals surface area contributed by atoms with Gasteiger partial charge in [-0.1, -0.05) is 68.4 Å². The molecule has 0 aliphatic rings. The maximum atomic E-state index is 13.4. The monoisotopic (exact) mass is 462 g/mol. The van der Waals surface area contributed by atoms with Crippen LogP contribution in [0.3, 0.4) is 0 Å². The van der Waals surface area contributed by atoms with Crippen LogP contribution in [-0.2, 0) is 22.6 Å². The highest BCUT2D eigenvalue weighted by atomic mass is 19.1. The minimum atomic E-state index is -0.753. The molecule has 0 spiro atoms. The summed E-state index contributed by atoms with van der Waals surface area (Å²) in [6.45, 7) is 4.15. The summed E-state index contributed by atoms with van der Waals surface area (Å²) in [7, 11) is 1.55. The fourth-order valence-electron chi connectivity index (χ4n) is 3.68. The zero-order valence-corrected chi connectivity index (χ0v) is 19.8. The summed E-state index contributed by atoms with van der Waals surface area (Å²) in [5.41, 5.74) is 2.83. The van der Waals surface area contributed by atoms with Crippen LogP contribution in [-0.4, -0.2) is 36.4 Å². The molecule has 1 N–H and O–H groups in total. The van der Waals surface area contributed by atoms with Crippen molar-refractivity contribution in [2.75, 3.05) is 13.7 Å². The van der Waals surface area contributed by atoms with Crippen LogP contribution in [0.5, 0.6) is 5.75 Å². The van der Waals surface area contributed by atoms with Crippen molar-refractivity contribution in [1.29, 1.82) is 0 Å². The molecule has 3 aromatic rings. The zero-order chi connectivity index (χ0) is 24.5. The first-order valence-electron chi connectivity index (χ1n) is 11.4. The number of carbonyl (C=O) groups is 2. The SMILES string of the molecule is CNC(=O)[C@H](Cc1ccccc1)N(Cc1ccc(F)cc1)C(=O)COc1ccc(C(C)C)cc1. The van der Waals surface area contributed by atoms with E-state index in [2.05, 4.69) is 19.2 Å². The Balaban J connectivity index is 1.83. The molecule has 178 valence electrons. The number of halogens is 1. The van der Waals surface area contributed by atoms with Gasteiger partial charge in [0.05, 0.1) is 0 Å². The smallest absolute Gasteiger partial charge is 0.261 e. The van der Waals surface area contributed by atoms with Crippen molar-refractivity contribution in [2.45, 2.75) is 38.8 Å². The van der Waals surface area contributed by atoms with E-state index in [4.69, 9.17) is 4.74 Å². The average molecular weight is 463 g/mol. The van der Waals surface area contributed by atoms with E-state index in [0.29, 0.717) is 18.1 Å². The molecule has 3 rings (SSSR count). The lowest BCUT2D eigenvalue weighted by molar-refractivity contribution is -0.142. The molecule has 34 heavy (non-hydrogen) atoms. The molecule has 0 radical (unpaired) electrons. The number of nitrogens with zero attached hydrogens (tertiary/aromatic N) is 1. The lowest BCUT2D eigenvalue weighted by Gasteiger charge is -2.31. The van der Waals surface area contributed by atoms with Gasteiger partial charge in [-0.05, 0) is 46.9 Å². The number of hydrogen-bond donors (Lipinski definition) is 1. The van der Waals surface area contributed by atoms with Crippen LogP contribution in [0, 0.1) is 5.82 Å². The molecule has 6 heteroatoms. The molecule has 2 amide bonds. The summed E-state index contributed by atoms with van der Waals surface area (Å²) < 4.78 is 19.2. The van der Waals surface area contributed by atoms with Crippen LogP contribution < -0.4 is 10.1 Å². The molecule has 0 aliphatic carbocycles. The molecule has 0 unspecified atom stereocenters. The fraction of sp³-hybridized carbons (Fsp3) is 0.286. The molecule has 0 aliphatic heterocycles. The highest BCUT2D eigenvalue weighted by Crippen LogP contribution is 2.20. The highest BCUT2D eigenvalue weighted by molar-refractivity contribution is 5.88. The molecular weight excluding hydrogens is 431 g/mol. The van der Waals surface area contributed by atoms with E-state index in [1.807, 2.05) is 54.6 Å². The Labute approximate surface area is 200 Å². The molecule has 5 nitrogen and oxygen atoms in total. The molecule has 1 atom stereocenters. The first kappa shape index (κ1) is 25.0. The first-order valence-corrected chi connectivity index (χ1v) is 11.4. The molecular formula is C28H31FN2O3. The summed E-state index contributed by atoms with van der Waals surface area (Å²) in [5.74, 6) is 0.0107. The van der Waals surface area contributed by atoms with Crippen LogP contribution in [0.1, 0.15) is 36.5 Å². The first-order chi connectivity index (χ1) is 16.4. The second kappa shape index (κ2) is 12.0. The molecule has 3 aromatic carbocycles. The van der Waals surface area contributed by atoms with E-state index in [0.717, 1.165) is 11.1 Å². The van der Waals surface area contributed by atoms with Crippen molar-refractivity contribution >= 4 is 11.8 Å². The van der Waals surface area contributed by atoms with Crippen LogP contribution >= 0.6 is 0 Å². The van der Waals surface area contributed by atoms with E-state index < -0.39 is 6.04 Å². The van der Waals surface area contributed by atoms with Crippen LogP contribution in [0.15, 0.2) is 78.9 Å². The summed E-state index contributed by atoms with van der Waals surface area (Å²) in [5, 5.41) is 2.67. The van der Waals surface area contributed by atoms with E-state index in [1.165, 1.54) is 22.6 Å². The number of hydrogen-bond acceptors (Lipinski definition) is 3. The molecule has 0 bridgehead atoms. The molecule has 0 aromatic heterocycles. The summed E-state index contributed by atoms with van der Waals surface area (Å²) in [6.07, 6.45) is 0.344. The maximum Gasteiger partial charge on any atom is 0.261 e.